The fourth-order valence-electron chi connectivity index (χ4n) is 2.54. The first-order valence-corrected chi connectivity index (χ1v) is 8.37. The van der Waals surface area contributed by atoms with Crippen molar-refractivity contribution in [2.24, 2.45) is 5.92 Å². The van der Waals surface area contributed by atoms with Crippen molar-refractivity contribution in [3.63, 3.8) is 0 Å². The van der Waals surface area contributed by atoms with Crippen LogP contribution in [0.3, 0.4) is 0 Å². The summed E-state index contributed by atoms with van der Waals surface area (Å²) >= 11 is 1.67. The maximum atomic E-state index is 12.2. The van der Waals surface area contributed by atoms with Crippen molar-refractivity contribution in [3.8, 4) is 0 Å². The number of aryl methyl sites for hydroxylation is 2. The Balaban J connectivity index is 1.88. The number of thiazole rings is 1. The van der Waals surface area contributed by atoms with Gasteiger partial charge in [0.15, 0.2) is 0 Å². The summed E-state index contributed by atoms with van der Waals surface area (Å²) in [6.45, 7) is 7.79. The molecule has 2 heterocycles. The molecule has 1 aliphatic heterocycles. The predicted octanol–water partition coefficient (Wildman–Crippen LogP) is 1.89. The third kappa shape index (κ3) is 3.81. The molecular weight excluding hydrogens is 286 g/mol. The van der Waals surface area contributed by atoms with E-state index in [0.717, 1.165) is 28.4 Å². The molecule has 1 fully saturated rings. The van der Waals surface area contributed by atoms with Crippen molar-refractivity contribution in [1.82, 2.24) is 15.2 Å². The second-order valence-corrected chi connectivity index (χ2v) is 6.59. The number of nitrogens with zero attached hydrogens (tertiary/aromatic N) is 2. The smallest absolute Gasteiger partial charge is 0.225 e. The molecule has 116 valence electrons. The number of aromatic nitrogens is 1. The van der Waals surface area contributed by atoms with Gasteiger partial charge in [0.05, 0.1) is 23.2 Å². The van der Waals surface area contributed by atoms with Gasteiger partial charge in [-0.15, -0.1) is 11.3 Å². The molecule has 0 unspecified atom stereocenters. The molecule has 5 nitrogen and oxygen atoms in total. The van der Waals surface area contributed by atoms with Crippen LogP contribution in [0.4, 0.5) is 0 Å². The van der Waals surface area contributed by atoms with Crippen molar-refractivity contribution in [2.45, 2.75) is 46.6 Å². The van der Waals surface area contributed by atoms with Gasteiger partial charge in [0.25, 0.3) is 0 Å². The average Bonchev–Trinajstić information content (AvgIpc) is 2.99. The van der Waals surface area contributed by atoms with E-state index in [1.54, 1.807) is 16.2 Å². The monoisotopic (exact) mass is 309 g/mol. The highest BCUT2D eigenvalue weighted by atomic mass is 32.1. The predicted molar refractivity (Wildman–Crippen MR) is 83.1 cm³/mol. The molecule has 1 aliphatic rings. The van der Waals surface area contributed by atoms with Crippen LogP contribution in [0.1, 0.15) is 42.3 Å². The van der Waals surface area contributed by atoms with E-state index in [2.05, 4.69) is 17.2 Å². The second-order valence-electron chi connectivity index (χ2n) is 5.42. The summed E-state index contributed by atoms with van der Waals surface area (Å²) in [6.07, 6.45) is 2.40. The normalized spacial score (nSPS) is 18.3. The Kier molecular flexibility index (Phi) is 5.33. The average molecular weight is 309 g/mol. The van der Waals surface area contributed by atoms with E-state index in [9.17, 15) is 9.59 Å². The van der Waals surface area contributed by atoms with Crippen LogP contribution in [0.5, 0.6) is 0 Å². The van der Waals surface area contributed by atoms with Gasteiger partial charge < -0.3 is 10.2 Å². The maximum absolute atomic E-state index is 12.2. The molecule has 21 heavy (non-hydrogen) atoms. The number of carbonyl (C=O) groups is 2. The third-order valence-corrected chi connectivity index (χ3v) is 5.01. The lowest BCUT2D eigenvalue weighted by Gasteiger charge is -2.13. The van der Waals surface area contributed by atoms with Crippen LogP contribution in [0, 0.1) is 12.8 Å². The van der Waals surface area contributed by atoms with Crippen LogP contribution < -0.4 is 5.32 Å². The number of rotatable bonds is 6. The van der Waals surface area contributed by atoms with Gasteiger partial charge in [0.1, 0.15) is 0 Å². The third-order valence-electron chi connectivity index (χ3n) is 3.79. The molecule has 6 heteroatoms. The Morgan fingerprint density at radius 3 is 2.86 bits per heavy atom. The zero-order chi connectivity index (χ0) is 15.4. The molecule has 2 amide bonds. The summed E-state index contributed by atoms with van der Waals surface area (Å²) in [5.74, 6) is -0.151. The second kappa shape index (κ2) is 7.02. The van der Waals surface area contributed by atoms with Crippen molar-refractivity contribution >= 4 is 23.2 Å². The van der Waals surface area contributed by atoms with Crippen LogP contribution in [0.2, 0.25) is 0 Å². The number of amides is 2. The number of hydrogen-bond acceptors (Lipinski definition) is 4. The summed E-state index contributed by atoms with van der Waals surface area (Å²) < 4.78 is 0. The maximum Gasteiger partial charge on any atom is 0.225 e. The highest BCUT2D eigenvalue weighted by molar-refractivity contribution is 7.11. The van der Waals surface area contributed by atoms with Gasteiger partial charge in [-0.2, -0.15) is 0 Å². The van der Waals surface area contributed by atoms with Crippen molar-refractivity contribution in [2.75, 3.05) is 13.1 Å². The van der Waals surface area contributed by atoms with E-state index in [-0.39, 0.29) is 17.7 Å². The number of hydrogen-bond donors (Lipinski definition) is 1. The molecule has 0 saturated carbocycles. The minimum atomic E-state index is -0.208. The molecule has 0 aromatic carbocycles. The molecule has 0 spiro atoms. The van der Waals surface area contributed by atoms with E-state index >= 15 is 0 Å². The summed E-state index contributed by atoms with van der Waals surface area (Å²) in [4.78, 5) is 31.2. The van der Waals surface area contributed by atoms with Crippen molar-refractivity contribution < 1.29 is 9.59 Å². The minimum absolute atomic E-state index is 0.0239. The lowest BCUT2D eigenvalue weighted by atomic mass is 10.1. The molecule has 1 saturated heterocycles. The first kappa shape index (κ1) is 15.9. The highest BCUT2D eigenvalue weighted by Gasteiger charge is 2.33. The van der Waals surface area contributed by atoms with Gasteiger partial charge in [0.2, 0.25) is 11.8 Å². The Morgan fingerprint density at radius 1 is 1.48 bits per heavy atom. The topological polar surface area (TPSA) is 62.3 Å². The fraction of sp³-hybridized carbons (Fsp3) is 0.667. The van der Waals surface area contributed by atoms with Gasteiger partial charge in [0, 0.05) is 24.4 Å². The van der Waals surface area contributed by atoms with Gasteiger partial charge in [-0.1, -0.05) is 6.92 Å². The lowest BCUT2D eigenvalue weighted by molar-refractivity contribution is -0.128. The van der Waals surface area contributed by atoms with E-state index in [1.165, 1.54) is 0 Å². The first-order chi connectivity index (χ1) is 10.0. The lowest BCUT2D eigenvalue weighted by Crippen LogP contribution is -2.32. The standard InChI is InChI=1S/C15H23N3O2S/c1-4-6-13-17-10(3)12(21-13)8-16-15(20)11-7-14(19)18(5-2)9-11/h11H,4-9H2,1-3H3,(H,16,20)/t11-/m0/s1. The number of nitrogens with one attached hydrogen (secondary N) is 1. The van der Waals surface area contributed by atoms with Crippen molar-refractivity contribution in [1.29, 1.82) is 0 Å². The van der Waals surface area contributed by atoms with Crippen LogP contribution in [-0.4, -0.2) is 34.8 Å². The summed E-state index contributed by atoms with van der Waals surface area (Å²) in [7, 11) is 0. The van der Waals surface area contributed by atoms with E-state index in [4.69, 9.17) is 0 Å². The molecular formula is C15H23N3O2S. The van der Waals surface area contributed by atoms with Crippen LogP contribution >= 0.6 is 11.3 Å². The van der Waals surface area contributed by atoms with Gasteiger partial charge in [-0.25, -0.2) is 4.98 Å². The van der Waals surface area contributed by atoms with Gasteiger partial charge in [-0.05, 0) is 26.7 Å². The van der Waals surface area contributed by atoms with Crippen LogP contribution in [0.25, 0.3) is 0 Å². The summed E-state index contributed by atoms with van der Waals surface area (Å²) in [5, 5.41) is 4.09. The Labute approximate surface area is 129 Å². The molecule has 2 rings (SSSR count). The Hall–Kier alpha value is -1.43. The van der Waals surface area contributed by atoms with Crippen LogP contribution in [-0.2, 0) is 22.6 Å². The van der Waals surface area contributed by atoms with Gasteiger partial charge >= 0.3 is 0 Å². The number of likely N-dealkylation sites (tertiary alicyclic amines) is 1. The molecule has 1 aromatic heterocycles. The largest absolute Gasteiger partial charge is 0.351 e. The van der Waals surface area contributed by atoms with Gasteiger partial charge in [-0.3, -0.25) is 9.59 Å². The molecule has 0 radical (unpaired) electrons. The minimum Gasteiger partial charge on any atom is -0.351 e. The Morgan fingerprint density at radius 2 is 2.24 bits per heavy atom. The zero-order valence-corrected chi connectivity index (χ0v) is 13.8. The van der Waals surface area contributed by atoms with E-state index in [0.29, 0.717) is 26.1 Å². The first-order valence-electron chi connectivity index (χ1n) is 7.55. The van der Waals surface area contributed by atoms with Crippen LogP contribution in [0.15, 0.2) is 0 Å². The van der Waals surface area contributed by atoms with E-state index < -0.39 is 0 Å². The van der Waals surface area contributed by atoms with Crippen molar-refractivity contribution in [3.05, 3.63) is 15.6 Å². The SMILES string of the molecule is CCCc1nc(C)c(CNC(=O)[C@H]2CC(=O)N(CC)C2)s1. The Bertz CT molecular complexity index is 527. The fourth-order valence-corrected chi connectivity index (χ4v) is 3.65. The zero-order valence-electron chi connectivity index (χ0n) is 12.9. The summed E-state index contributed by atoms with van der Waals surface area (Å²) in [5.41, 5.74) is 1.00. The molecule has 1 aromatic rings. The highest BCUT2D eigenvalue weighted by Crippen LogP contribution is 2.21. The molecule has 0 aliphatic carbocycles. The molecule has 0 bridgehead atoms. The number of carbonyl (C=O) groups excluding carboxylic acids is 2. The molecule has 1 N–H and O–H groups in total. The van der Waals surface area contributed by atoms with E-state index in [1.807, 2.05) is 13.8 Å². The quantitative estimate of drug-likeness (QED) is 0.873. The molecule has 1 atom stereocenters. The summed E-state index contributed by atoms with van der Waals surface area (Å²) in [6, 6.07) is 0.